The van der Waals surface area contributed by atoms with Crippen LogP contribution in [0.15, 0.2) is 60.9 Å². The Hall–Kier alpha value is -3.85. The quantitative estimate of drug-likeness (QED) is 0.508. The molecule has 1 fully saturated rings. The lowest BCUT2D eigenvalue weighted by Gasteiger charge is -2.41. The van der Waals surface area contributed by atoms with E-state index in [1.807, 2.05) is 35.1 Å². The number of rotatable bonds is 5. The van der Waals surface area contributed by atoms with Crippen LogP contribution < -0.4 is 20.1 Å². The van der Waals surface area contributed by atoms with Gasteiger partial charge in [0, 0.05) is 31.0 Å². The number of carbonyl (C=O) groups excluding carboxylic acids is 2. The lowest BCUT2D eigenvalue weighted by Crippen LogP contribution is -2.49. The number of ether oxygens (including phenoxy) is 2. The number of amides is 2. The van der Waals surface area contributed by atoms with E-state index in [1.165, 1.54) is 5.56 Å². The molecule has 2 N–H and O–H groups in total. The van der Waals surface area contributed by atoms with E-state index in [4.69, 9.17) is 9.47 Å². The maximum absolute atomic E-state index is 13.5. The van der Waals surface area contributed by atoms with E-state index >= 15 is 0 Å². The van der Waals surface area contributed by atoms with Gasteiger partial charge in [-0.15, -0.1) is 0 Å². The molecule has 212 valence electrons. The minimum atomic E-state index is -0.395. The van der Waals surface area contributed by atoms with Gasteiger partial charge in [-0.1, -0.05) is 24.6 Å². The molecule has 2 aromatic carbocycles. The highest BCUT2D eigenvalue weighted by Crippen LogP contribution is 2.37. The number of carbonyl (C=O) groups is 2. The Labute approximate surface area is 235 Å². The third-order valence-electron chi connectivity index (χ3n) is 8.08. The van der Waals surface area contributed by atoms with E-state index in [1.54, 1.807) is 25.4 Å². The summed E-state index contributed by atoms with van der Waals surface area (Å²) in [6.45, 7) is 4.50. The monoisotopic (exact) mass is 545 g/mol. The SMILES string of the molecule is COc1ccc(CN2CCC3(CCCCNC(=O)c4ccccc4OCCNC3=O)CC2)cc1Cn1cccn1. The van der Waals surface area contributed by atoms with Crippen LogP contribution >= 0.6 is 0 Å². The summed E-state index contributed by atoms with van der Waals surface area (Å²) >= 11 is 0. The standard InChI is InChI=1S/C31H39N5O4/c1-39-27-10-9-24(21-25(27)23-36-17-6-15-34-36)22-35-18-12-31(13-19-35)11-4-5-14-32-29(37)26-7-2-3-8-28(26)40-20-16-33-30(31)38/h2-3,6-10,15,17,21H,4-5,11-14,16,18-20,22-23H2,1H3,(H,32,37)(H,33,38). The van der Waals surface area contributed by atoms with Crippen molar-refractivity contribution in [3.8, 4) is 11.5 Å². The smallest absolute Gasteiger partial charge is 0.255 e. The molecule has 2 aliphatic heterocycles. The van der Waals surface area contributed by atoms with Crippen LogP contribution in [0, 0.1) is 5.41 Å². The third-order valence-corrected chi connectivity index (χ3v) is 8.08. The summed E-state index contributed by atoms with van der Waals surface area (Å²) < 4.78 is 13.4. The Morgan fingerprint density at radius 2 is 1.82 bits per heavy atom. The lowest BCUT2D eigenvalue weighted by molar-refractivity contribution is -0.134. The number of likely N-dealkylation sites (tertiary alicyclic amines) is 1. The second-order valence-electron chi connectivity index (χ2n) is 10.7. The first kappa shape index (κ1) is 27.7. The number of aromatic nitrogens is 2. The van der Waals surface area contributed by atoms with Crippen molar-refractivity contribution >= 4 is 11.8 Å². The number of nitrogens with one attached hydrogen (secondary N) is 2. The van der Waals surface area contributed by atoms with Crippen LogP contribution in [0.25, 0.3) is 0 Å². The van der Waals surface area contributed by atoms with Crippen molar-refractivity contribution in [3.63, 3.8) is 0 Å². The second kappa shape index (κ2) is 13.0. The molecule has 0 saturated carbocycles. The number of benzene rings is 2. The first-order valence-electron chi connectivity index (χ1n) is 14.2. The Morgan fingerprint density at radius 3 is 2.62 bits per heavy atom. The van der Waals surface area contributed by atoms with Crippen molar-refractivity contribution < 1.29 is 19.1 Å². The maximum Gasteiger partial charge on any atom is 0.255 e. The van der Waals surface area contributed by atoms with Gasteiger partial charge in [-0.25, -0.2) is 0 Å². The Balaban J connectivity index is 1.21. The zero-order chi connectivity index (χ0) is 27.8. The summed E-state index contributed by atoms with van der Waals surface area (Å²) in [4.78, 5) is 28.6. The van der Waals surface area contributed by atoms with Gasteiger partial charge in [0.25, 0.3) is 5.91 Å². The highest BCUT2D eigenvalue weighted by molar-refractivity contribution is 5.96. The fourth-order valence-corrected chi connectivity index (χ4v) is 5.79. The van der Waals surface area contributed by atoms with Gasteiger partial charge >= 0.3 is 0 Å². The van der Waals surface area contributed by atoms with Crippen molar-refractivity contribution in [2.45, 2.75) is 45.2 Å². The van der Waals surface area contributed by atoms with Crippen LogP contribution in [0.4, 0.5) is 0 Å². The first-order valence-corrected chi connectivity index (χ1v) is 14.2. The number of hydrogen-bond acceptors (Lipinski definition) is 6. The minimum absolute atomic E-state index is 0.119. The fourth-order valence-electron chi connectivity index (χ4n) is 5.79. The first-order chi connectivity index (χ1) is 19.6. The Kier molecular flexibility index (Phi) is 9.01. The summed E-state index contributed by atoms with van der Waals surface area (Å²) in [5, 5.41) is 10.5. The molecule has 0 radical (unpaired) electrons. The summed E-state index contributed by atoms with van der Waals surface area (Å²) in [6.07, 6.45) is 7.89. The molecule has 3 heterocycles. The van der Waals surface area contributed by atoms with E-state index in [9.17, 15) is 9.59 Å². The maximum atomic E-state index is 13.5. The highest BCUT2D eigenvalue weighted by atomic mass is 16.5. The third kappa shape index (κ3) is 6.65. The van der Waals surface area contributed by atoms with Crippen molar-refractivity contribution in [2.75, 3.05) is 39.9 Å². The topological polar surface area (TPSA) is 97.7 Å². The summed E-state index contributed by atoms with van der Waals surface area (Å²) in [5.74, 6) is 1.40. The average Bonchev–Trinajstić information content (AvgIpc) is 3.49. The van der Waals surface area contributed by atoms with Crippen LogP contribution in [0.2, 0.25) is 0 Å². The number of para-hydroxylation sites is 1. The predicted octanol–water partition coefficient (Wildman–Crippen LogP) is 3.63. The number of nitrogens with zero attached hydrogens (tertiary/aromatic N) is 3. The van der Waals surface area contributed by atoms with Gasteiger partial charge in [0.05, 0.1) is 31.2 Å². The van der Waals surface area contributed by atoms with E-state index in [0.717, 1.165) is 63.1 Å². The van der Waals surface area contributed by atoms with Crippen LogP contribution in [0.3, 0.4) is 0 Å². The summed E-state index contributed by atoms with van der Waals surface area (Å²) in [6, 6.07) is 15.5. The van der Waals surface area contributed by atoms with E-state index < -0.39 is 5.41 Å². The number of methoxy groups -OCH3 is 1. The molecule has 9 heteroatoms. The van der Waals surface area contributed by atoms with Gasteiger partial charge in [0.15, 0.2) is 0 Å². The number of fused-ring (bicyclic) bond motifs is 1. The van der Waals surface area contributed by atoms with Crippen molar-refractivity contribution in [2.24, 2.45) is 5.41 Å². The molecule has 0 atom stereocenters. The molecular formula is C31H39N5O4. The van der Waals surface area contributed by atoms with Crippen LogP contribution in [0.5, 0.6) is 11.5 Å². The van der Waals surface area contributed by atoms with Crippen LogP contribution in [-0.4, -0.2) is 66.4 Å². The van der Waals surface area contributed by atoms with Gasteiger partial charge in [-0.3, -0.25) is 19.2 Å². The van der Waals surface area contributed by atoms with Gasteiger partial charge in [-0.2, -0.15) is 5.10 Å². The number of hydrogen-bond donors (Lipinski definition) is 2. The summed E-state index contributed by atoms with van der Waals surface area (Å²) in [7, 11) is 1.70. The van der Waals surface area contributed by atoms with Crippen molar-refractivity contribution in [1.29, 1.82) is 0 Å². The molecule has 0 bridgehead atoms. The van der Waals surface area contributed by atoms with Crippen LogP contribution in [-0.2, 0) is 17.9 Å². The fraction of sp³-hybridized carbons (Fsp3) is 0.452. The van der Waals surface area contributed by atoms with Gasteiger partial charge < -0.3 is 20.1 Å². The Bertz CT molecular complexity index is 1280. The normalized spacial score (nSPS) is 18.6. The van der Waals surface area contributed by atoms with Crippen LogP contribution in [0.1, 0.15) is 53.6 Å². The van der Waals surface area contributed by atoms with E-state index in [0.29, 0.717) is 37.6 Å². The Morgan fingerprint density at radius 1 is 0.975 bits per heavy atom. The van der Waals surface area contributed by atoms with Crippen molar-refractivity contribution in [1.82, 2.24) is 25.3 Å². The molecule has 2 amide bonds. The molecule has 0 aliphatic carbocycles. The highest BCUT2D eigenvalue weighted by Gasteiger charge is 2.40. The van der Waals surface area contributed by atoms with Gasteiger partial charge in [-0.05, 0) is 74.7 Å². The van der Waals surface area contributed by atoms with E-state index in [-0.39, 0.29) is 11.8 Å². The van der Waals surface area contributed by atoms with Crippen molar-refractivity contribution in [3.05, 3.63) is 77.6 Å². The molecule has 40 heavy (non-hydrogen) atoms. The minimum Gasteiger partial charge on any atom is -0.496 e. The average molecular weight is 546 g/mol. The van der Waals surface area contributed by atoms with E-state index in [2.05, 4.69) is 32.8 Å². The second-order valence-corrected chi connectivity index (χ2v) is 10.7. The molecule has 1 saturated heterocycles. The molecule has 3 aromatic rings. The molecule has 5 rings (SSSR count). The molecule has 2 aliphatic rings. The number of piperidine rings is 1. The molecule has 1 spiro atoms. The lowest BCUT2D eigenvalue weighted by atomic mass is 9.73. The van der Waals surface area contributed by atoms with Gasteiger partial charge in [0.2, 0.25) is 5.91 Å². The largest absolute Gasteiger partial charge is 0.496 e. The predicted molar refractivity (Wildman–Crippen MR) is 152 cm³/mol. The molecule has 9 nitrogen and oxygen atoms in total. The molecule has 1 aromatic heterocycles. The summed E-state index contributed by atoms with van der Waals surface area (Å²) in [5.41, 5.74) is 2.45. The zero-order valence-corrected chi connectivity index (χ0v) is 23.2. The molecular weight excluding hydrogens is 506 g/mol. The molecule has 0 unspecified atom stereocenters. The zero-order valence-electron chi connectivity index (χ0n) is 23.2. The van der Waals surface area contributed by atoms with Gasteiger partial charge in [0.1, 0.15) is 18.1 Å².